The van der Waals surface area contributed by atoms with E-state index >= 15 is 0 Å². The van der Waals surface area contributed by atoms with Crippen LogP contribution in [-0.4, -0.2) is 20.6 Å². The molecule has 2 aromatic heterocycles. The van der Waals surface area contributed by atoms with E-state index in [9.17, 15) is 4.79 Å². The van der Waals surface area contributed by atoms with E-state index in [1.807, 2.05) is 13.0 Å². The van der Waals surface area contributed by atoms with Crippen LogP contribution < -0.4 is 5.73 Å². The molecule has 0 amide bonds. The van der Waals surface area contributed by atoms with Crippen molar-refractivity contribution in [2.24, 2.45) is 5.73 Å². The molecule has 3 aromatic carbocycles. The van der Waals surface area contributed by atoms with Gasteiger partial charge in [-0.3, -0.25) is 4.79 Å². The molecule has 0 atom stereocenters. The molecule has 158 valence electrons. The largest absolute Gasteiger partial charge is 0.343 e. The lowest BCUT2D eigenvalue weighted by atomic mass is 10.0. The number of hydrogen-bond donors (Lipinski definition) is 1. The summed E-state index contributed by atoms with van der Waals surface area (Å²) in [5.74, 6) is 0. The predicted molar refractivity (Wildman–Crippen MR) is 128 cm³/mol. The first kappa shape index (κ1) is 20.0. The molecule has 0 aliphatic rings. The Labute approximate surface area is 186 Å². The van der Waals surface area contributed by atoms with Crippen molar-refractivity contribution in [3.05, 3.63) is 108 Å². The Morgan fingerprint density at radius 2 is 1.56 bits per heavy atom. The molecular weight excluding hydrogens is 396 g/mol. The number of fused-ring (bicyclic) bond motifs is 1. The zero-order chi connectivity index (χ0) is 22.1. The van der Waals surface area contributed by atoms with Crippen LogP contribution in [0, 0.1) is 6.92 Å². The molecule has 0 radical (unpaired) electrons. The molecule has 0 spiro atoms. The Morgan fingerprint density at radius 3 is 2.19 bits per heavy atom. The summed E-state index contributed by atoms with van der Waals surface area (Å²) in [5, 5.41) is 5.50. The van der Waals surface area contributed by atoms with Crippen LogP contribution in [0.1, 0.15) is 27.3 Å². The highest BCUT2D eigenvalue weighted by atomic mass is 16.1. The number of carbonyl (C=O) groups excluding carboxylic acids is 1. The van der Waals surface area contributed by atoms with Gasteiger partial charge in [-0.25, -0.2) is 4.68 Å². The second-order valence-electron chi connectivity index (χ2n) is 8.02. The maximum Gasteiger partial charge on any atom is 0.170 e. The lowest BCUT2D eigenvalue weighted by molar-refractivity contribution is 0.111. The Balaban J connectivity index is 1.38. The summed E-state index contributed by atoms with van der Waals surface area (Å²) >= 11 is 0. The highest BCUT2D eigenvalue weighted by Gasteiger charge is 2.09. The number of nitrogens with two attached hydrogens (primary N) is 1. The number of carbonyl (C=O) groups is 1. The molecule has 5 nitrogen and oxygen atoms in total. The van der Waals surface area contributed by atoms with Gasteiger partial charge in [0.05, 0.1) is 5.69 Å². The topological polar surface area (TPSA) is 65.8 Å². The average Bonchev–Trinajstić information content (AvgIpc) is 3.42. The van der Waals surface area contributed by atoms with Gasteiger partial charge in [-0.05, 0) is 59.5 Å². The molecule has 0 aliphatic heterocycles. The maximum absolute atomic E-state index is 11.0. The number of nitrogens with zero attached hydrogens (tertiary/aromatic N) is 3. The van der Waals surface area contributed by atoms with E-state index in [0.29, 0.717) is 12.2 Å². The van der Waals surface area contributed by atoms with E-state index in [-0.39, 0.29) is 0 Å². The normalized spacial score (nSPS) is 11.2. The molecule has 5 heteroatoms. The van der Waals surface area contributed by atoms with Crippen LogP contribution in [0.3, 0.4) is 0 Å². The zero-order valence-electron chi connectivity index (χ0n) is 17.9. The summed E-state index contributed by atoms with van der Waals surface area (Å²) in [5.41, 5.74) is 14.0. The molecule has 5 rings (SSSR count). The molecule has 5 aromatic rings. The van der Waals surface area contributed by atoms with Crippen molar-refractivity contribution in [2.45, 2.75) is 20.0 Å². The molecule has 32 heavy (non-hydrogen) atoms. The van der Waals surface area contributed by atoms with Crippen LogP contribution in [0.4, 0.5) is 0 Å². The van der Waals surface area contributed by atoms with Gasteiger partial charge in [0.15, 0.2) is 6.29 Å². The van der Waals surface area contributed by atoms with Crippen LogP contribution in [0.5, 0.6) is 0 Å². The van der Waals surface area contributed by atoms with Gasteiger partial charge in [0.1, 0.15) is 5.69 Å². The van der Waals surface area contributed by atoms with Crippen molar-refractivity contribution in [3.8, 4) is 16.8 Å². The highest BCUT2D eigenvalue weighted by Crippen LogP contribution is 2.24. The van der Waals surface area contributed by atoms with E-state index in [1.54, 1.807) is 10.7 Å². The minimum Gasteiger partial charge on any atom is -0.343 e. The fourth-order valence-electron chi connectivity index (χ4n) is 4.11. The third-order valence-electron chi connectivity index (χ3n) is 5.86. The Kier molecular flexibility index (Phi) is 5.17. The van der Waals surface area contributed by atoms with E-state index in [1.165, 1.54) is 16.7 Å². The molecular formula is C27H24N4O. The average molecular weight is 421 g/mol. The number of aromatic nitrogens is 3. The summed E-state index contributed by atoms with van der Waals surface area (Å²) < 4.78 is 4.05. The van der Waals surface area contributed by atoms with Gasteiger partial charge in [-0.2, -0.15) is 5.10 Å². The molecule has 0 saturated carbocycles. The lowest BCUT2D eigenvalue weighted by Crippen LogP contribution is -2.00. The molecule has 0 unspecified atom stereocenters. The van der Waals surface area contributed by atoms with Crippen LogP contribution >= 0.6 is 0 Å². The van der Waals surface area contributed by atoms with Crippen LogP contribution in [0.15, 0.2) is 85.1 Å². The molecule has 2 N–H and O–H groups in total. The summed E-state index contributed by atoms with van der Waals surface area (Å²) in [4.78, 5) is 11.0. The number of rotatable bonds is 6. The Bertz CT molecular complexity index is 1390. The minimum atomic E-state index is 0.443. The summed E-state index contributed by atoms with van der Waals surface area (Å²) in [6.45, 7) is 3.31. The summed E-state index contributed by atoms with van der Waals surface area (Å²) in [7, 11) is 0. The quantitative estimate of drug-likeness (QED) is 0.388. The van der Waals surface area contributed by atoms with Gasteiger partial charge in [-0.1, -0.05) is 48.5 Å². The van der Waals surface area contributed by atoms with E-state index in [2.05, 4.69) is 82.6 Å². The first-order chi connectivity index (χ1) is 15.6. The number of aldehydes is 1. The van der Waals surface area contributed by atoms with Crippen LogP contribution in [0.2, 0.25) is 0 Å². The van der Waals surface area contributed by atoms with Crippen molar-refractivity contribution in [3.63, 3.8) is 0 Å². The summed E-state index contributed by atoms with van der Waals surface area (Å²) in [6.07, 6.45) is 2.89. The van der Waals surface area contributed by atoms with Gasteiger partial charge < -0.3 is 10.3 Å². The molecule has 0 fully saturated rings. The van der Waals surface area contributed by atoms with Gasteiger partial charge in [0, 0.05) is 35.9 Å². The Hall–Kier alpha value is -3.96. The van der Waals surface area contributed by atoms with Crippen molar-refractivity contribution in [1.82, 2.24) is 14.3 Å². The third-order valence-corrected chi connectivity index (χ3v) is 5.86. The monoisotopic (exact) mass is 420 g/mol. The second kappa shape index (κ2) is 8.29. The van der Waals surface area contributed by atoms with E-state index in [4.69, 9.17) is 5.73 Å². The first-order valence-electron chi connectivity index (χ1n) is 10.6. The number of aryl methyl sites for hydroxylation is 1. The van der Waals surface area contributed by atoms with Crippen molar-refractivity contribution in [1.29, 1.82) is 0 Å². The molecule has 0 aliphatic carbocycles. The van der Waals surface area contributed by atoms with Crippen molar-refractivity contribution in [2.75, 3.05) is 0 Å². The number of benzene rings is 3. The molecule has 0 bridgehead atoms. The molecule has 2 heterocycles. The zero-order valence-corrected chi connectivity index (χ0v) is 17.9. The second-order valence-corrected chi connectivity index (χ2v) is 8.02. The van der Waals surface area contributed by atoms with Crippen molar-refractivity contribution >= 4 is 17.2 Å². The third kappa shape index (κ3) is 3.74. The Morgan fingerprint density at radius 1 is 0.875 bits per heavy atom. The SMILES string of the molecule is Cc1cc(C=O)nn1-c1ccc2c(ccn2Cc2ccc(-c3ccc(CN)cc3)cc2)c1. The maximum atomic E-state index is 11.0. The standard InChI is InChI=1S/C27H24N4O/c1-19-14-25(18-32)29-31(19)26-10-11-27-24(15-26)12-13-30(27)17-21-4-8-23(9-5-21)22-6-2-20(16-28)3-7-22/h2-15,18H,16-17,28H2,1H3. The smallest absolute Gasteiger partial charge is 0.170 e. The van der Waals surface area contributed by atoms with E-state index in [0.717, 1.165) is 40.7 Å². The van der Waals surface area contributed by atoms with Gasteiger partial charge >= 0.3 is 0 Å². The minimum absolute atomic E-state index is 0.443. The fraction of sp³-hybridized carbons (Fsp3) is 0.111. The predicted octanol–water partition coefficient (Wildman–Crippen LogP) is 5.12. The fourth-order valence-corrected chi connectivity index (χ4v) is 4.11. The number of hydrogen-bond acceptors (Lipinski definition) is 3. The van der Waals surface area contributed by atoms with Gasteiger partial charge in [-0.15, -0.1) is 0 Å². The summed E-state index contributed by atoms with van der Waals surface area (Å²) in [6, 6.07) is 27.3. The van der Waals surface area contributed by atoms with Gasteiger partial charge in [0.2, 0.25) is 0 Å². The lowest BCUT2D eigenvalue weighted by Gasteiger charge is -2.09. The van der Waals surface area contributed by atoms with Gasteiger partial charge in [0.25, 0.3) is 0 Å². The van der Waals surface area contributed by atoms with Crippen molar-refractivity contribution < 1.29 is 4.79 Å². The van der Waals surface area contributed by atoms with Crippen LogP contribution in [0.25, 0.3) is 27.7 Å². The van der Waals surface area contributed by atoms with Crippen LogP contribution in [-0.2, 0) is 13.1 Å². The van der Waals surface area contributed by atoms with E-state index < -0.39 is 0 Å². The first-order valence-corrected chi connectivity index (χ1v) is 10.6. The molecule has 0 saturated heterocycles. The highest BCUT2D eigenvalue weighted by molar-refractivity contribution is 5.82.